The Morgan fingerprint density at radius 3 is 2.23 bits per heavy atom. The molecule has 31 heavy (non-hydrogen) atoms. The zero-order chi connectivity index (χ0) is 20.9. The Hall–Kier alpha value is -1.28. The van der Waals surface area contributed by atoms with Gasteiger partial charge in [-0.25, -0.2) is 23.9 Å². The van der Waals surface area contributed by atoms with Crippen molar-refractivity contribution in [3.05, 3.63) is 18.5 Å². The standard InChI is InChI=1S/C17H28N6O5S.2ClH/c1-28-14-13-21-7-3-17(4-8-21,15(24)20-25)29(26,27)23-11-9-22(10-12-23)16-18-5-2-6-19-16;;/h2,5-6,25H,3-4,7-14H2,1H3,(H,20,24);2*1H. The quantitative estimate of drug-likeness (QED) is 0.384. The minimum absolute atomic E-state index is 0. The summed E-state index contributed by atoms with van der Waals surface area (Å²) in [5, 5.41) is 9.27. The summed E-state index contributed by atoms with van der Waals surface area (Å²) in [4.78, 5) is 24.9. The van der Waals surface area contributed by atoms with Crippen LogP contribution >= 0.6 is 24.8 Å². The van der Waals surface area contributed by atoms with Crippen LogP contribution in [0.2, 0.25) is 0 Å². The van der Waals surface area contributed by atoms with Gasteiger partial charge in [-0.15, -0.1) is 24.8 Å². The summed E-state index contributed by atoms with van der Waals surface area (Å²) in [6, 6.07) is 1.72. The van der Waals surface area contributed by atoms with E-state index in [2.05, 4.69) is 14.9 Å². The van der Waals surface area contributed by atoms with E-state index < -0.39 is 20.7 Å². The molecule has 0 atom stereocenters. The highest BCUT2D eigenvalue weighted by Gasteiger charge is 2.55. The Morgan fingerprint density at radius 2 is 1.71 bits per heavy atom. The maximum atomic E-state index is 13.5. The summed E-state index contributed by atoms with van der Waals surface area (Å²) in [6.07, 6.45) is 3.52. The Bertz CT molecular complexity index is 787. The van der Waals surface area contributed by atoms with Crippen molar-refractivity contribution >= 4 is 46.7 Å². The topological polar surface area (TPSA) is 128 Å². The fourth-order valence-electron chi connectivity index (χ4n) is 3.89. The second-order valence-corrected chi connectivity index (χ2v) is 9.46. The molecule has 0 spiro atoms. The zero-order valence-corrected chi connectivity index (χ0v) is 19.8. The lowest BCUT2D eigenvalue weighted by Gasteiger charge is -2.43. The highest BCUT2D eigenvalue weighted by molar-refractivity contribution is 7.91. The zero-order valence-electron chi connectivity index (χ0n) is 17.3. The molecule has 2 aliphatic heterocycles. The Kier molecular flexibility index (Phi) is 10.8. The largest absolute Gasteiger partial charge is 0.383 e. The molecule has 0 radical (unpaired) electrons. The summed E-state index contributed by atoms with van der Waals surface area (Å²) in [5.74, 6) is -0.309. The van der Waals surface area contributed by atoms with Gasteiger partial charge in [-0.2, -0.15) is 4.31 Å². The lowest BCUT2D eigenvalue weighted by molar-refractivity contribution is -0.133. The molecule has 3 rings (SSSR count). The first-order chi connectivity index (χ1) is 13.9. The molecule has 0 bridgehead atoms. The summed E-state index contributed by atoms with van der Waals surface area (Å²) in [5.41, 5.74) is 1.59. The number of hydrogen-bond acceptors (Lipinski definition) is 9. The highest BCUT2D eigenvalue weighted by atomic mass is 35.5. The molecule has 2 N–H and O–H groups in total. The van der Waals surface area contributed by atoms with Crippen LogP contribution in [0.5, 0.6) is 0 Å². The number of nitrogens with zero attached hydrogens (tertiary/aromatic N) is 5. The molecule has 1 aromatic heterocycles. The van der Waals surface area contributed by atoms with E-state index in [1.54, 1.807) is 31.0 Å². The summed E-state index contributed by atoms with van der Waals surface area (Å²) >= 11 is 0. The summed E-state index contributed by atoms with van der Waals surface area (Å²) < 4.78 is 31.7. The molecule has 3 heterocycles. The Morgan fingerprint density at radius 1 is 1.13 bits per heavy atom. The number of carbonyl (C=O) groups is 1. The van der Waals surface area contributed by atoms with Crippen molar-refractivity contribution in [3.63, 3.8) is 0 Å². The molecule has 2 saturated heterocycles. The van der Waals surface area contributed by atoms with Crippen molar-refractivity contribution in [1.29, 1.82) is 0 Å². The minimum atomic E-state index is -3.97. The third-order valence-corrected chi connectivity index (χ3v) is 8.32. The second kappa shape index (κ2) is 12.1. The molecule has 0 saturated carbocycles. The number of carbonyl (C=O) groups excluding carboxylic acids is 1. The molecular formula is C17H30Cl2N6O5S. The van der Waals surface area contributed by atoms with Gasteiger partial charge >= 0.3 is 0 Å². The van der Waals surface area contributed by atoms with Gasteiger partial charge in [-0.3, -0.25) is 10.0 Å². The number of hydrogen-bond donors (Lipinski definition) is 2. The number of sulfonamides is 1. The number of aromatic nitrogens is 2. The van der Waals surface area contributed by atoms with Crippen molar-refractivity contribution in [2.24, 2.45) is 0 Å². The number of ether oxygens (including phenoxy) is 1. The van der Waals surface area contributed by atoms with Crippen LogP contribution in [-0.4, -0.2) is 103 Å². The molecular weight excluding hydrogens is 471 g/mol. The molecule has 178 valence electrons. The SMILES string of the molecule is COCCN1CCC(C(=O)NO)(S(=O)(=O)N2CCN(c3ncccn3)CC2)CC1.Cl.Cl. The van der Waals surface area contributed by atoms with Gasteiger partial charge < -0.3 is 14.5 Å². The fraction of sp³-hybridized carbons (Fsp3) is 0.706. The van der Waals surface area contributed by atoms with Gasteiger partial charge in [0.05, 0.1) is 6.61 Å². The van der Waals surface area contributed by atoms with Crippen LogP contribution in [0.4, 0.5) is 5.95 Å². The van der Waals surface area contributed by atoms with Crippen LogP contribution in [-0.2, 0) is 19.6 Å². The molecule has 0 aliphatic carbocycles. The van der Waals surface area contributed by atoms with E-state index in [-0.39, 0.29) is 50.7 Å². The maximum Gasteiger partial charge on any atom is 0.266 e. The predicted molar refractivity (Wildman–Crippen MR) is 119 cm³/mol. The van der Waals surface area contributed by atoms with Crippen molar-refractivity contribution < 1.29 is 23.2 Å². The van der Waals surface area contributed by atoms with Gasteiger partial charge in [0.1, 0.15) is 0 Å². The maximum absolute atomic E-state index is 13.5. The molecule has 11 nitrogen and oxygen atoms in total. The van der Waals surface area contributed by atoms with Crippen LogP contribution in [0.1, 0.15) is 12.8 Å². The highest BCUT2D eigenvalue weighted by Crippen LogP contribution is 2.34. The molecule has 1 aromatic rings. The van der Waals surface area contributed by atoms with Crippen molar-refractivity contribution in [1.82, 2.24) is 24.7 Å². The van der Waals surface area contributed by atoms with E-state index in [9.17, 15) is 18.4 Å². The predicted octanol–water partition coefficient (Wildman–Crippen LogP) is -0.242. The average Bonchev–Trinajstić information content (AvgIpc) is 2.78. The third kappa shape index (κ3) is 5.75. The first-order valence-corrected chi connectivity index (χ1v) is 11.1. The third-order valence-electron chi connectivity index (χ3n) is 5.70. The smallest absolute Gasteiger partial charge is 0.266 e. The van der Waals surface area contributed by atoms with E-state index in [4.69, 9.17) is 4.74 Å². The van der Waals surface area contributed by atoms with Gasteiger partial charge in [0.2, 0.25) is 16.0 Å². The molecule has 14 heteroatoms. The van der Waals surface area contributed by atoms with E-state index in [0.717, 1.165) is 0 Å². The molecule has 2 aliphatic rings. The molecule has 0 aromatic carbocycles. The monoisotopic (exact) mass is 500 g/mol. The van der Waals surface area contributed by atoms with Gasteiger partial charge in [0, 0.05) is 65.3 Å². The minimum Gasteiger partial charge on any atom is -0.383 e. The van der Waals surface area contributed by atoms with Crippen LogP contribution in [0.3, 0.4) is 0 Å². The van der Waals surface area contributed by atoms with Crippen LogP contribution in [0.25, 0.3) is 0 Å². The second-order valence-electron chi connectivity index (χ2n) is 7.21. The van der Waals surface area contributed by atoms with E-state index >= 15 is 0 Å². The normalized spacial score (nSPS) is 19.7. The molecule has 1 amide bonds. The number of amides is 1. The number of nitrogens with one attached hydrogen (secondary N) is 1. The van der Waals surface area contributed by atoms with Crippen LogP contribution < -0.4 is 10.4 Å². The summed E-state index contributed by atoms with van der Waals surface area (Å²) in [6.45, 7) is 3.41. The van der Waals surface area contributed by atoms with Gasteiger partial charge in [0.15, 0.2) is 4.75 Å². The average molecular weight is 501 g/mol. The van der Waals surface area contributed by atoms with Crippen LogP contribution in [0, 0.1) is 0 Å². The number of piperidine rings is 1. The number of anilines is 1. The fourth-order valence-corrected chi connectivity index (χ4v) is 6.01. The van der Waals surface area contributed by atoms with Crippen molar-refractivity contribution in [2.75, 3.05) is 64.4 Å². The first-order valence-electron chi connectivity index (χ1n) is 9.62. The van der Waals surface area contributed by atoms with Crippen molar-refractivity contribution in [2.45, 2.75) is 17.6 Å². The lowest BCUT2D eigenvalue weighted by atomic mass is 9.95. The number of piperazine rings is 1. The number of hydroxylamine groups is 1. The Balaban J connectivity index is 0.00000240. The van der Waals surface area contributed by atoms with Gasteiger partial charge in [0.25, 0.3) is 5.91 Å². The van der Waals surface area contributed by atoms with Gasteiger partial charge in [-0.05, 0) is 18.9 Å². The van der Waals surface area contributed by atoms with E-state index in [0.29, 0.717) is 45.3 Å². The molecule has 0 unspecified atom stereocenters. The first kappa shape index (κ1) is 27.8. The van der Waals surface area contributed by atoms with E-state index in [1.165, 1.54) is 4.31 Å². The van der Waals surface area contributed by atoms with E-state index in [1.807, 2.05) is 4.90 Å². The number of rotatable bonds is 7. The number of halogens is 2. The van der Waals surface area contributed by atoms with Crippen molar-refractivity contribution in [3.8, 4) is 0 Å². The summed E-state index contributed by atoms with van der Waals surface area (Å²) in [7, 11) is -2.36. The van der Waals surface area contributed by atoms with Crippen LogP contribution in [0.15, 0.2) is 18.5 Å². The lowest BCUT2D eigenvalue weighted by Crippen LogP contribution is -2.63. The van der Waals surface area contributed by atoms with Gasteiger partial charge in [-0.1, -0.05) is 0 Å². The number of methoxy groups -OCH3 is 1. The number of likely N-dealkylation sites (tertiary alicyclic amines) is 1. The molecule has 2 fully saturated rings. The Labute approximate surface area is 195 Å².